The predicted octanol–water partition coefficient (Wildman–Crippen LogP) is 4.62. The molecule has 2 aromatic carbocycles. The first-order valence-electron chi connectivity index (χ1n) is 8.46. The van der Waals surface area contributed by atoms with Gasteiger partial charge in [-0.15, -0.1) is 0 Å². The Bertz CT molecular complexity index is 1140. The monoisotopic (exact) mass is 470 g/mol. The van der Waals surface area contributed by atoms with Crippen molar-refractivity contribution in [2.24, 2.45) is 5.11 Å². The third kappa shape index (κ3) is 4.27. The number of anilines is 1. The molecule has 1 N–H and O–H groups in total. The number of amides is 1. The number of methoxy groups -OCH3 is 2. The molecule has 0 unspecified atom stereocenters. The van der Waals surface area contributed by atoms with Crippen molar-refractivity contribution in [1.82, 2.24) is 9.78 Å². The van der Waals surface area contributed by atoms with Crippen molar-refractivity contribution in [1.29, 1.82) is 0 Å². The van der Waals surface area contributed by atoms with Crippen LogP contribution in [0.25, 0.3) is 16.1 Å². The second-order valence-corrected chi connectivity index (χ2v) is 6.71. The molecule has 10 nitrogen and oxygen atoms in total. The summed E-state index contributed by atoms with van der Waals surface area (Å²) in [7, 11) is 2.69. The van der Waals surface area contributed by atoms with Crippen molar-refractivity contribution in [2.75, 3.05) is 19.5 Å². The van der Waals surface area contributed by atoms with Crippen molar-refractivity contribution in [3.05, 3.63) is 74.8 Å². The standard InChI is InChI=1S/C19H15BrN6O4/c1-29-14-9-7-13(8-10-14)26-17(15(23-25-21)16(24-26)19(28)30-2)18(27)22-12-5-3-11(20)4-6-12/h3-10H,1-2H3,(H,22,27). The van der Waals surface area contributed by atoms with E-state index in [-0.39, 0.29) is 17.1 Å². The van der Waals surface area contributed by atoms with Crippen LogP contribution >= 0.6 is 15.9 Å². The Morgan fingerprint density at radius 1 is 1.13 bits per heavy atom. The van der Waals surface area contributed by atoms with Gasteiger partial charge in [0.25, 0.3) is 5.91 Å². The molecular formula is C19H15BrN6O4. The molecule has 0 saturated heterocycles. The topological polar surface area (TPSA) is 131 Å². The number of esters is 1. The molecule has 0 bridgehead atoms. The number of carbonyl (C=O) groups excluding carboxylic acids is 2. The van der Waals surface area contributed by atoms with Gasteiger partial charge in [0.05, 0.1) is 19.9 Å². The number of carbonyl (C=O) groups is 2. The van der Waals surface area contributed by atoms with E-state index in [4.69, 9.17) is 15.0 Å². The number of hydrogen-bond donors (Lipinski definition) is 1. The zero-order chi connectivity index (χ0) is 21.7. The summed E-state index contributed by atoms with van der Waals surface area (Å²) in [6.07, 6.45) is 0. The second-order valence-electron chi connectivity index (χ2n) is 5.80. The van der Waals surface area contributed by atoms with Gasteiger partial charge in [0.1, 0.15) is 17.1 Å². The summed E-state index contributed by atoms with van der Waals surface area (Å²) in [6.45, 7) is 0. The van der Waals surface area contributed by atoms with E-state index in [0.717, 1.165) is 11.6 Å². The van der Waals surface area contributed by atoms with E-state index in [1.54, 1.807) is 48.5 Å². The fourth-order valence-electron chi connectivity index (χ4n) is 2.62. The van der Waals surface area contributed by atoms with Crippen LogP contribution in [0.1, 0.15) is 21.0 Å². The molecule has 1 heterocycles. The molecule has 0 aliphatic rings. The Morgan fingerprint density at radius 3 is 2.37 bits per heavy atom. The maximum Gasteiger partial charge on any atom is 0.359 e. The Balaban J connectivity index is 2.16. The summed E-state index contributed by atoms with van der Waals surface area (Å²) in [5.74, 6) is -0.879. The summed E-state index contributed by atoms with van der Waals surface area (Å²) >= 11 is 3.33. The first kappa shape index (κ1) is 20.9. The molecule has 0 atom stereocenters. The van der Waals surface area contributed by atoms with Crippen molar-refractivity contribution < 1.29 is 19.1 Å². The highest BCUT2D eigenvalue weighted by Crippen LogP contribution is 2.29. The molecule has 0 fully saturated rings. The van der Waals surface area contributed by atoms with Gasteiger partial charge in [-0.3, -0.25) is 4.79 Å². The molecule has 11 heteroatoms. The van der Waals surface area contributed by atoms with Crippen molar-refractivity contribution in [3.8, 4) is 11.4 Å². The highest BCUT2D eigenvalue weighted by atomic mass is 79.9. The molecule has 0 spiro atoms. The molecule has 3 rings (SSSR count). The smallest absolute Gasteiger partial charge is 0.359 e. The largest absolute Gasteiger partial charge is 0.497 e. The minimum Gasteiger partial charge on any atom is -0.497 e. The number of azide groups is 1. The lowest BCUT2D eigenvalue weighted by atomic mass is 10.2. The Kier molecular flexibility index (Phi) is 6.35. The third-order valence-corrected chi connectivity index (χ3v) is 4.55. The lowest BCUT2D eigenvalue weighted by Crippen LogP contribution is -2.17. The minimum absolute atomic E-state index is 0.124. The van der Waals surface area contributed by atoms with Crippen LogP contribution in [0, 0.1) is 0 Å². The van der Waals surface area contributed by atoms with Crippen LogP contribution in [0.5, 0.6) is 5.75 Å². The SMILES string of the molecule is COC(=O)c1nn(-c2ccc(OC)cc2)c(C(=O)Nc2ccc(Br)cc2)c1N=[N+]=[N-]. The number of halogens is 1. The van der Waals surface area contributed by atoms with Crippen LogP contribution in [-0.2, 0) is 4.74 Å². The van der Waals surface area contributed by atoms with E-state index in [9.17, 15) is 9.59 Å². The van der Waals surface area contributed by atoms with Crippen LogP contribution in [0.15, 0.2) is 58.1 Å². The average molecular weight is 471 g/mol. The van der Waals surface area contributed by atoms with Gasteiger partial charge in [-0.1, -0.05) is 21.0 Å². The van der Waals surface area contributed by atoms with Crippen LogP contribution < -0.4 is 10.1 Å². The molecule has 30 heavy (non-hydrogen) atoms. The summed E-state index contributed by atoms with van der Waals surface area (Å²) in [6, 6.07) is 13.5. The average Bonchev–Trinajstić information content (AvgIpc) is 3.14. The van der Waals surface area contributed by atoms with Crippen molar-refractivity contribution in [3.63, 3.8) is 0 Å². The Hall–Kier alpha value is -3.82. The van der Waals surface area contributed by atoms with E-state index in [1.807, 2.05) is 0 Å². The number of ether oxygens (including phenoxy) is 2. The zero-order valence-corrected chi connectivity index (χ0v) is 17.5. The van der Waals surface area contributed by atoms with Crippen molar-refractivity contribution in [2.45, 2.75) is 0 Å². The van der Waals surface area contributed by atoms with Crippen LogP contribution in [0.3, 0.4) is 0 Å². The molecule has 0 aliphatic heterocycles. The van der Waals surface area contributed by atoms with Crippen LogP contribution in [0.2, 0.25) is 0 Å². The number of benzene rings is 2. The predicted molar refractivity (Wildman–Crippen MR) is 112 cm³/mol. The van der Waals surface area contributed by atoms with E-state index in [2.05, 4.69) is 36.4 Å². The highest BCUT2D eigenvalue weighted by Gasteiger charge is 2.28. The van der Waals surface area contributed by atoms with Gasteiger partial charge >= 0.3 is 5.97 Å². The number of nitrogens with zero attached hydrogens (tertiary/aromatic N) is 5. The lowest BCUT2D eigenvalue weighted by molar-refractivity contribution is 0.0594. The number of rotatable bonds is 6. The third-order valence-electron chi connectivity index (χ3n) is 4.02. The molecule has 0 aliphatic carbocycles. The fourth-order valence-corrected chi connectivity index (χ4v) is 2.89. The van der Waals surface area contributed by atoms with E-state index < -0.39 is 11.9 Å². The minimum atomic E-state index is -0.845. The van der Waals surface area contributed by atoms with Gasteiger partial charge in [0, 0.05) is 15.1 Å². The molecule has 3 aromatic rings. The maximum atomic E-state index is 13.1. The molecule has 1 amide bonds. The summed E-state index contributed by atoms with van der Waals surface area (Å²) < 4.78 is 11.9. The van der Waals surface area contributed by atoms with E-state index in [0.29, 0.717) is 17.1 Å². The first-order valence-corrected chi connectivity index (χ1v) is 9.25. The van der Waals surface area contributed by atoms with E-state index in [1.165, 1.54) is 11.8 Å². The first-order chi connectivity index (χ1) is 14.5. The van der Waals surface area contributed by atoms with Crippen LogP contribution in [-0.4, -0.2) is 35.9 Å². The van der Waals surface area contributed by atoms with Gasteiger partial charge in [-0.05, 0) is 54.1 Å². The summed E-state index contributed by atoms with van der Waals surface area (Å²) in [5.41, 5.74) is 9.28. The van der Waals surface area contributed by atoms with Gasteiger partial charge < -0.3 is 14.8 Å². The Morgan fingerprint density at radius 2 is 1.80 bits per heavy atom. The normalized spacial score (nSPS) is 10.1. The summed E-state index contributed by atoms with van der Waals surface area (Å²) in [4.78, 5) is 28.0. The molecular weight excluding hydrogens is 456 g/mol. The zero-order valence-electron chi connectivity index (χ0n) is 15.9. The Labute approximate surface area is 179 Å². The maximum absolute atomic E-state index is 13.1. The molecule has 0 saturated carbocycles. The highest BCUT2D eigenvalue weighted by molar-refractivity contribution is 9.10. The quantitative estimate of drug-likeness (QED) is 0.243. The van der Waals surface area contributed by atoms with Gasteiger partial charge in [-0.2, -0.15) is 5.10 Å². The van der Waals surface area contributed by atoms with E-state index >= 15 is 0 Å². The number of hydrogen-bond acceptors (Lipinski definition) is 6. The van der Waals surface area contributed by atoms with Gasteiger partial charge in [0.2, 0.25) is 0 Å². The number of nitrogens with one attached hydrogen (secondary N) is 1. The molecule has 1 aromatic heterocycles. The van der Waals surface area contributed by atoms with Crippen LogP contribution in [0.4, 0.5) is 11.4 Å². The second kappa shape index (κ2) is 9.12. The van der Waals surface area contributed by atoms with Gasteiger partial charge in [0.15, 0.2) is 5.69 Å². The molecule has 152 valence electrons. The fraction of sp³-hybridized carbons (Fsp3) is 0.105. The van der Waals surface area contributed by atoms with Gasteiger partial charge in [-0.25, -0.2) is 9.48 Å². The number of aromatic nitrogens is 2. The van der Waals surface area contributed by atoms with Crippen molar-refractivity contribution >= 4 is 39.2 Å². The summed E-state index contributed by atoms with van der Waals surface area (Å²) in [5, 5.41) is 10.4. The molecule has 0 radical (unpaired) electrons. The lowest BCUT2D eigenvalue weighted by Gasteiger charge is -2.10.